The maximum absolute atomic E-state index is 11.0. The summed E-state index contributed by atoms with van der Waals surface area (Å²) < 4.78 is 5.44. The number of aryl methyl sites for hydroxylation is 1. The Balaban J connectivity index is 1.86. The largest absolute Gasteiger partial charge is 0.496 e. The van der Waals surface area contributed by atoms with Crippen LogP contribution in [-0.2, 0) is 6.42 Å². The number of hydrogen-bond donors (Lipinski definition) is 1. The molecule has 2 aliphatic heterocycles. The molecule has 1 aromatic carbocycles. The number of aliphatic hydroxyl groups is 1. The van der Waals surface area contributed by atoms with Crippen molar-refractivity contribution in [1.29, 1.82) is 0 Å². The zero-order chi connectivity index (χ0) is 13.5. The van der Waals surface area contributed by atoms with Crippen LogP contribution in [0.1, 0.15) is 30.4 Å². The van der Waals surface area contributed by atoms with Crippen LogP contribution in [0.3, 0.4) is 0 Å². The van der Waals surface area contributed by atoms with Crippen molar-refractivity contribution in [3.05, 3.63) is 29.3 Å². The van der Waals surface area contributed by atoms with Gasteiger partial charge in [0.2, 0.25) is 0 Å². The van der Waals surface area contributed by atoms with E-state index in [0.717, 1.165) is 37.2 Å². The van der Waals surface area contributed by atoms with E-state index in [2.05, 4.69) is 24.0 Å². The van der Waals surface area contributed by atoms with Crippen LogP contribution in [0.4, 0.5) is 0 Å². The van der Waals surface area contributed by atoms with Gasteiger partial charge in [-0.2, -0.15) is 0 Å². The molecular weight excluding hydrogens is 238 g/mol. The molecule has 0 aromatic heterocycles. The molecule has 0 bridgehead atoms. The van der Waals surface area contributed by atoms with Crippen molar-refractivity contribution in [2.24, 2.45) is 0 Å². The maximum atomic E-state index is 11.0. The van der Waals surface area contributed by atoms with Crippen molar-refractivity contribution in [2.45, 2.75) is 44.2 Å². The Hall–Kier alpha value is -1.06. The van der Waals surface area contributed by atoms with Crippen molar-refractivity contribution < 1.29 is 9.84 Å². The molecule has 0 amide bonds. The van der Waals surface area contributed by atoms with E-state index in [1.165, 1.54) is 12.0 Å². The molecule has 3 nitrogen and oxygen atoms in total. The number of ether oxygens (including phenoxy) is 1. The lowest BCUT2D eigenvalue weighted by molar-refractivity contribution is 0.0136. The highest BCUT2D eigenvalue weighted by atomic mass is 16.5. The Morgan fingerprint density at radius 1 is 1.42 bits per heavy atom. The van der Waals surface area contributed by atoms with Gasteiger partial charge in [-0.3, -0.25) is 4.90 Å². The van der Waals surface area contributed by atoms with Crippen molar-refractivity contribution >= 4 is 0 Å². The molecule has 0 spiro atoms. The van der Waals surface area contributed by atoms with Crippen LogP contribution in [0.25, 0.3) is 0 Å². The van der Waals surface area contributed by atoms with Crippen LogP contribution in [0, 0.1) is 6.92 Å². The van der Waals surface area contributed by atoms with Gasteiger partial charge < -0.3 is 9.84 Å². The topological polar surface area (TPSA) is 32.7 Å². The number of fused-ring (bicyclic) bond motifs is 1. The average molecular weight is 261 g/mol. The van der Waals surface area contributed by atoms with Crippen LogP contribution in [0.15, 0.2) is 18.2 Å². The highest BCUT2D eigenvalue weighted by Gasteiger charge is 2.48. The van der Waals surface area contributed by atoms with Crippen LogP contribution in [-0.4, -0.2) is 41.8 Å². The second kappa shape index (κ2) is 4.80. The summed E-state index contributed by atoms with van der Waals surface area (Å²) >= 11 is 0. The van der Waals surface area contributed by atoms with Crippen LogP contribution in [0.2, 0.25) is 0 Å². The lowest BCUT2D eigenvalue weighted by atomic mass is 9.85. The van der Waals surface area contributed by atoms with Crippen molar-refractivity contribution in [3.8, 4) is 5.75 Å². The van der Waals surface area contributed by atoms with E-state index >= 15 is 0 Å². The van der Waals surface area contributed by atoms with Gasteiger partial charge in [0.25, 0.3) is 0 Å². The van der Waals surface area contributed by atoms with Crippen LogP contribution in [0.5, 0.6) is 5.75 Å². The summed E-state index contributed by atoms with van der Waals surface area (Å²) in [5.41, 5.74) is 1.79. The van der Waals surface area contributed by atoms with Gasteiger partial charge in [0.05, 0.1) is 12.7 Å². The summed E-state index contributed by atoms with van der Waals surface area (Å²) in [4.78, 5) is 2.45. The predicted octanol–water partition coefficient (Wildman–Crippen LogP) is 2.15. The molecular formula is C16H23NO2. The minimum Gasteiger partial charge on any atom is -0.496 e. The molecule has 3 rings (SSSR count). The summed E-state index contributed by atoms with van der Waals surface area (Å²) in [5, 5.41) is 11.0. The van der Waals surface area contributed by atoms with Gasteiger partial charge in [0.1, 0.15) is 5.75 Å². The first-order valence-electron chi connectivity index (χ1n) is 7.22. The Kier molecular flexibility index (Phi) is 3.27. The molecule has 2 heterocycles. The number of methoxy groups -OCH3 is 1. The Bertz CT molecular complexity index is 474. The number of benzene rings is 1. The number of rotatable bonds is 3. The van der Waals surface area contributed by atoms with E-state index in [-0.39, 0.29) is 0 Å². The minimum absolute atomic E-state index is 0.345. The maximum Gasteiger partial charge on any atom is 0.122 e. The zero-order valence-corrected chi connectivity index (χ0v) is 11.9. The van der Waals surface area contributed by atoms with Crippen LogP contribution >= 0.6 is 0 Å². The fourth-order valence-corrected chi connectivity index (χ4v) is 3.79. The third kappa shape index (κ3) is 2.26. The van der Waals surface area contributed by atoms with Gasteiger partial charge in [-0.15, -0.1) is 0 Å². The third-order valence-corrected chi connectivity index (χ3v) is 4.75. The molecule has 0 aliphatic carbocycles. The molecule has 1 N–H and O–H groups in total. The molecule has 19 heavy (non-hydrogen) atoms. The summed E-state index contributed by atoms with van der Waals surface area (Å²) in [5.74, 6) is 0.899. The van der Waals surface area contributed by atoms with E-state index in [1.807, 2.05) is 6.07 Å². The van der Waals surface area contributed by atoms with Crippen molar-refractivity contribution in [2.75, 3.05) is 20.2 Å². The number of hydrogen-bond acceptors (Lipinski definition) is 3. The zero-order valence-electron chi connectivity index (χ0n) is 11.9. The van der Waals surface area contributed by atoms with Crippen molar-refractivity contribution in [1.82, 2.24) is 4.90 Å². The highest BCUT2D eigenvalue weighted by molar-refractivity contribution is 5.38. The molecule has 3 heteroatoms. The lowest BCUT2D eigenvalue weighted by Crippen LogP contribution is -2.43. The summed E-state index contributed by atoms with van der Waals surface area (Å²) in [6.07, 6.45) is 3.94. The van der Waals surface area contributed by atoms with Gasteiger partial charge in [0, 0.05) is 19.0 Å². The smallest absolute Gasteiger partial charge is 0.122 e. The van der Waals surface area contributed by atoms with Gasteiger partial charge in [-0.1, -0.05) is 17.7 Å². The molecule has 0 radical (unpaired) electrons. The Labute approximate surface area is 115 Å². The average Bonchev–Trinajstić information content (AvgIpc) is 2.95. The lowest BCUT2D eigenvalue weighted by Gasteiger charge is -2.30. The summed E-state index contributed by atoms with van der Waals surface area (Å²) in [6.45, 7) is 4.27. The summed E-state index contributed by atoms with van der Waals surface area (Å²) in [7, 11) is 1.70. The molecule has 1 aromatic rings. The van der Waals surface area contributed by atoms with Crippen molar-refractivity contribution in [3.63, 3.8) is 0 Å². The van der Waals surface area contributed by atoms with E-state index in [1.54, 1.807) is 7.11 Å². The Morgan fingerprint density at radius 3 is 3.05 bits per heavy atom. The van der Waals surface area contributed by atoms with E-state index in [9.17, 15) is 5.11 Å². The van der Waals surface area contributed by atoms with Gasteiger partial charge >= 0.3 is 0 Å². The van der Waals surface area contributed by atoms with Gasteiger partial charge in [-0.25, -0.2) is 0 Å². The van der Waals surface area contributed by atoms with E-state index < -0.39 is 5.60 Å². The predicted molar refractivity (Wildman–Crippen MR) is 75.6 cm³/mol. The second-order valence-electron chi connectivity index (χ2n) is 6.04. The number of nitrogens with zero attached hydrogens (tertiary/aromatic N) is 1. The van der Waals surface area contributed by atoms with E-state index in [4.69, 9.17) is 4.74 Å². The SMILES string of the molecule is COc1ccc(C)cc1CC1(O)CCN2CCCC21. The normalized spacial score (nSPS) is 30.6. The summed E-state index contributed by atoms with van der Waals surface area (Å²) in [6, 6.07) is 6.56. The first-order valence-corrected chi connectivity index (χ1v) is 7.22. The fraction of sp³-hybridized carbons (Fsp3) is 0.625. The van der Waals surface area contributed by atoms with Gasteiger partial charge in [0.15, 0.2) is 0 Å². The molecule has 2 aliphatic rings. The standard InChI is InChI=1S/C16H23NO2/c1-12-5-6-14(19-2)13(10-12)11-16(18)7-9-17-8-3-4-15(16)17/h5-6,10,15,18H,3-4,7-9,11H2,1-2H3. The molecule has 2 atom stereocenters. The first-order chi connectivity index (χ1) is 9.12. The fourth-order valence-electron chi connectivity index (χ4n) is 3.79. The van der Waals surface area contributed by atoms with E-state index in [0.29, 0.717) is 12.5 Å². The Morgan fingerprint density at radius 2 is 2.26 bits per heavy atom. The second-order valence-corrected chi connectivity index (χ2v) is 6.04. The molecule has 2 saturated heterocycles. The quantitative estimate of drug-likeness (QED) is 0.905. The highest BCUT2D eigenvalue weighted by Crippen LogP contribution is 2.39. The molecule has 2 unspecified atom stereocenters. The monoisotopic (exact) mass is 261 g/mol. The van der Waals surface area contributed by atoms with Gasteiger partial charge in [-0.05, 0) is 44.4 Å². The molecule has 2 fully saturated rings. The molecule has 0 saturated carbocycles. The molecule has 104 valence electrons. The minimum atomic E-state index is -0.572. The van der Waals surface area contributed by atoms with Crippen LogP contribution < -0.4 is 4.74 Å². The third-order valence-electron chi connectivity index (χ3n) is 4.75. The first kappa shape index (κ1) is 12.9.